The molecule has 0 atom stereocenters. The quantitative estimate of drug-likeness (QED) is 0.226. The Labute approximate surface area is 61.8 Å². The van der Waals surface area contributed by atoms with Gasteiger partial charge in [0, 0.05) is 22.4 Å². The SMILES string of the molecule is C=CC(=O)OC(=O)C=C[SiH3]. The van der Waals surface area contributed by atoms with Crippen LogP contribution in [0.25, 0.3) is 0 Å². The number of esters is 2. The van der Waals surface area contributed by atoms with Gasteiger partial charge in [0.25, 0.3) is 0 Å². The first-order valence-electron chi connectivity index (χ1n) is 2.71. The van der Waals surface area contributed by atoms with Gasteiger partial charge >= 0.3 is 11.9 Å². The summed E-state index contributed by atoms with van der Waals surface area (Å²) in [5.41, 5.74) is 1.62. The Balaban J connectivity index is 3.79. The molecule has 0 saturated carbocycles. The zero-order chi connectivity index (χ0) is 7.98. The van der Waals surface area contributed by atoms with Gasteiger partial charge in [0.1, 0.15) is 0 Å². The lowest BCUT2D eigenvalue weighted by molar-refractivity contribution is -0.152. The Morgan fingerprint density at radius 1 is 1.40 bits per heavy atom. The molecule has 0 aliphatic carbocycles. The largest absolute Gasteiger partial charge is 0.387 e. The van der Waals surface area contributed by atoms with Gasteiger partial charge in [0.15, 0.2) is 0 Å². The fourth-order valence-corrected chi connectivity index (χ4v) is 0.583. The molecule has 0 unspecified atom stereocenters. The highest BCUT2D eigenvalue weighted by molar-refractivity contribution is 6.19. The maximum absolute atomic E-state index is 10.5. The minimum absolute atomic E-state index is 0.639. The molecular weight excluding hydrogens is 148 g/mol. The zero-order valence-electron chi connectivity index (χ0n) is 5.66. The van der Waals surface area contributed by atoms with E-state index in [2.05, 4.69) is 11.3 Å². The average Bonchev–Trinajstić information content (AvgIpc) is 1.88. The molecule has 0 aromatic carbocycles. The van der Waals surface area contributed by atoms with Gasteiger partial charge in [-0.15, -0.1) is 0 Å². The molecule has 0 fully saturated rings. The predicted octanol–water partition coefficient (Wildman–Crippen LogP) is -0.879. The molecule has 0 aliphatic rings. The first-order valence-corrected chi connectivity index (χ1v) is 3.87. The summed E-state index contributed by atoms with van der Waals surface area (Å²) in [4.78, 5) is 20.8. The van der Waals surface area contributed by atoms with Crippen LogP contribution in [0.2, 0.25) is 0 Å². The van der Waals surface area contributed by atoms with Crippen molar-refractivity contribution in [3.05, 3.63) is 24.4 Å². The van der Waals surface area contributed by atoms with E-state index in [9.17, 15) is 9.59 Å². The van der Waals surface area contributed by atoms with Gasteiger partial charge in [-0.2, -0.15) is 0 Å². The second kappa shape index (κ2) is 4.69. The summed E-state index contributed by atoms with van der Waals surface area (Å²) >= 11 is 0. The highest BCUT2D eigenvalue weighted by Crippen LogP contribution is 1.82. The number of ether oxygens (including phenoxy) is 1. The van der Waals surface area contributed by atoms with Crippen LogP contribution in [0.5, 0.6) is 0 Å². The van der Waals surface area contributed by atoms with Gasteiger partial charge < -0.3 is 4.74 Å². The Hall–Kier alpha value is -1.16. The molecule has 54 valence electrons. The van der Waals surface area contributed by atoms with E-state index >= 15 is 0 Å². The minimum atomic E-state index is -0.718. The van der Waals surface area contributed by atoms with Gasteiger partial charge in [0.2, 0.25) is 0 Å². The second-order valence-electron chi connectivity index (χ2n) is 1.44. The summed E-state index contributed by atoms with van der Waals surface area (Å²) in [6.07, 6.45) is 2.16. The van der Waals surface area contributed by atoms with Crippen molar-refractivity contribution in [2.75, 3.05) is 0 Å². The fourth-order valence-electron chi connectivity index (χ4n) is 0.311. The van der Waals surface area contributed by atoms with Crippen LogP contribution in [0, 0.1) is 0 Å². The number of carbonyl (C=O) groups is 2. The topological polar surface area (TPSA) is 43.4 Å². The van der Waals surface area contributed by atoms with Gasteiger partial charge in [0.05, 0.1) is 0 Å². The van der Waals surface area contributed by atoms with Crippen LogP contribution in [0.4, 0.5) is 0 Å². The molecule has 0 radical (unpaired) electrons. The third-order valence-corrected chi connectivity index (χ3v) is 1.00. The van der Waals surface area contributed by atoms with E-state index in [1.165, 1.54) is 6.08 Å². The zero-order valence-corrected chi connectivity index (χ0v) is 7.66. The third kappa shape index (κ3) is 3.79. The molecule has 4 heteroatoms. The molecule has 0 bridgehead atoms. The summed E-state index contributed by atoms with van der Waals surface area (Å²) in [6, 6.07) is 0. The molecule has 0 aliphatic heterocycles. The molecule has 3 nitrogen and oxygen atoms in total. The fraction of sp³-hybridized carbons (Fsp3) is 0. The van der Waals surface area contributed by atoms with E-state index in [1.54, 1.807) is 5.70 Å². The van der Waals surface area contributed by atoms with E-state index in [1.807, 2.05) is 0 Å². The van der Waals surface area contributed by atoms with Crippen LogP contribution < -0.4 is 0 Å². The lowest BCUT2D eigenvalue weighted by Gasteiger charge is -1.91. The van der Waals surface area contributed by atoms with E-state index in [4.69, 9.17) is 0 Å². The summed E-state index contributed by atoms with van der Waals surface area (Å²) in [6.45, 7) is 3.13. The second-order valence-corrected chi connectivity index (χ2v) is 2.11. The van der Waals surface area contributed by atoms with Crippen molar-refractivity contribution in [2.45, 2.75) is 0 Å². The molecule has 10 heavy (non-hydrogen) atoms. The lowest BCUT2D eigenvalue weighted by atomic mass is 10.6. The molecule has 0 aromatic heterocycles. The smallest absolute Gasteiger partial charge is 0.338 e. The van der Waals surface area contributed by atoms with Crippen molar-refractivity contribution in [1.82, 2.24) is 0 Å². The molecule has 0 amide bonds. The van der Waals surface area contributed by atoms with Gasteiger partial charge in [-0.3, -0.25) is 0 Å². The Bertz CT molecular complexity index is 183. The summed E-state index contributed by atoms with van der Waals surface area (Å²) < 4.78 is 4.18. The summed E-state index contributed by atoms with van der Waals surface area (Å²) in [7, 11) is 0.770. The molecule has 0 aromatic rings. The number of hydrogen-bond acceptors (Lipinski definition) is 3. The minimum Gasteiger partial charge on any atom is -0.387 e. The maximum atomic E-state index is 10.5. The Kier molecular flexibility index (Phi) is 4.15. The van der Waals surface area contributed by atoms with Crippen molar-refractivity contribution in [3.8, 4) is 0 Å². The summed E-state index contributed by atoms with van der Waals surface area (Å²) in [5.74, 6) is -1.36. The molecule has 0 rings (SSSR count). The highest BCUT2D eigenvalue weighted by Gasteiger charge is 2.00. The molecule has 0 saturated heterocycles. The predicted molar refractivity (Wildman–Crippen MR) is 40.4 cm³/mol. The maximum Gasteiger partial charge on any atom is 0.338 e. The molecule has 0 heterocycles. The van der Waals surface area contributed by atoms with Crippen LogP contribution in [0.1, 0.15) is 0 Å². The average molecular weight is 156 g/mol. The van der Waals surface area contributed by atoms with Crippen molar-refractivity contribution in [1.29, 1.82) is 0 Å². The third-order valence-electron chi connectivity index (χ3n) is 0.671. The normalized spacial score (nSPS) is 9.60. The van der Waals surface area contributed by atoms with Crippen LogP contribution in [0.15, 0.2) is 24.4 Å². The Morgan fingerprint density at radius 3 is 2.40 bits per heavy atom. The van der Waals surface area contributed by atoms with Crippen molar-refractivity contribution >= 4 is 22.2 Å². The van der Waals surface area contributed by atoms with Crippen LogP contribution in [-0.4, -0.2) is 22.2 Å². The monoisotopic (exact) mass is 156 g/mol. The Morgan fingerprint density at radius 2 is 2.00 bits per heavy atom. The van der Waals surface area contributed by atoms with Gasteiger partial charge in [-0.05, 0) is 0 Å². The molecular formula is C6H8O3Si. The van der Waals surface area contributed by atoms with E-state index in [0.29, 0.717) is 0 Å². The molecule has 0 N–H and O–H groups in total. The van der Waals surface area contributed by atoms with Crippen LogP contribution >= 0.6 is 0 Å². The molecule has 0 spiro atoms. The number of rotatable bonds is 2. The van der Waals surface area contributed by atoms with Crippen LogP contribution in [-0.2, 0) is 14.3 Å². The number of carbonyl (C=O) groups excluding carboxylic acids is 2. The first-order chi connectivity index (χ1) is 4.70. The lowest BCUT2D eigenvalue weighted by Crippen LogP contribution is -2.06. The summed E-state index contributed by atoms with van der Waals surface area (Å²) in [5, 5.41) is 0. The standard InChI is InChI=1S/C6H8O3Si/c1-2-5(7)9-6(8)3-4-10/h2-4H,1H2,10H3. The first kappa shape index (κ1) is 8.84. The van der Waals surface area contributed by atoms with Crippen LogP contribution in [0.3, 0.4) is 0 Å². The van der Waals surface area contributed by atoms with Crippen molar-refractivity contribution < 1.29 is 14.3 Å². The van der Waals surface area contributed by atoms with Gasteiger partial charge in [-0.1, -0.05) is 12.3 Å². The highest BCUT2D eigenvalue weighted by atomic mass is 28.1. The van der Waals surface area contributed by atoms with Crippen molar-refractivity contribution in [2.24, 2.45) is 0 Å². The van der Waals surface area contributed by atoms with Crippen molar-refractivity contribution in [3.63, 3.8) is 0 Å². The van der Waals surface area contributed by atoms with E-state index in [-0.39, 0.29) is 0 Å². The van der Waals surface area contributed by atoms with E-state index < -0.39 is 11.9 Å². The van der Waals surface area contributed by atoms with E-state index in [0.717, 1.165) is 16.3 Å². The van der Waals surface area contributed by atoms with Gasteiger partial charge in [-0.25, -0.2) is 9.59 Å². The number of hydrogen-bond donors (Lipinski definition) is 0.